The molecule has 0 atom stereocenters. The van der Waals surface area contributed by atoms with Gasteiger partial charge in [-0.15, -0.1) is 0 Å². The zero-order valence-electron chi connectivity index (χ0n) is 9.80. The predicted molar refractivity (Wildman–Crippen MR) is 74.8 cm³/mol. The molecule has 5 heteroatoms. The van der Waals surface area contributed by atoms with Gasteiger partial charge in [-0.1, -0.05) is 33.6 Å². The van der Waals surface area contributed by atoms with Crippen molar-refractivity contribution in [2.75, 3.05) is 0 Å². The molecule has 19 heavy (non-hydrogen) atoms. The lowest BCUT2D eigenvalue weighted by molar-refractivity contribution is 0.304. The quantitative estimate of drug-likeness (QED) is 0.700. The van der Waals surface area contributed by atoms with E-state index >= 15 is 0 Å². The molecular formula is C14H10BrClF2O. The summed E-state index contributed by atoms with van der Waals surface area (Å²) in [6.45, 7) is 0.157. The Morgan fingerprint density at radius 1 is 1.05 bits per heavy atom. The fourth-order valence-electron chi connectivity index (χ4n) is 1.58. The molecule has 2 rings (SSSR count). The number of ether oxygens (including phenoxy) is 1. The van der Waals surface area contributed by atoms with Crippen molar-refractivity contribution in [3.05, 3.63) is 64.2 Å². The molecule has 0 aliphatic rings. The van der Waals surface area contributed by atoms with Gasteiger partial charge < -0.3 is 4.74 Å². The molecule has 100 valence electrons. The molecular weight excluding hydrogens is 338 g/mol. The highest BCUT2D eigenvalue weighted by atomic mass is 79.9. The SMILES string of the molecule is Fc1cc(CBr)cc(OCc2ccc(F)cc2Cl)c1. The first kappa shape index (κ1) is 14.3. The molecule has 0 saturated heterocycles. The van der Waals surface area contributed by atoms with E-state index in [1.165, 1.54) is 24.3 Å². The number of rotatable bonds is 4. The Balaban J connectivity index is 2.12. The Bertz CT molecular complexity index is 590. The Morgan fingerprint density at radius 2 is 1.84 bits per heavy atom. The molecule has 0 aromatic heterocycles. The molecule has 0 amide bonds. The Hall–Kier alpha value is -1.13. The molecule has 0 heterocycles. The maximum Gasteiger partial charge on any atom is 0.127 e. The monoisotopic (exact) mass is 346 g/mol. The number of alkyl halides is 1. The summed E-state index contributed by atoms with van der Waals surface area (Å²) in [7, 11) is 0. The molecule has 0 bridgehead atoms. The van der Waals surface area contributed by atoms with Gasteiger partial charge in [-0.2, -0.15) is 0 Å². The first-order chi connectivity index (χ1) is 9.08. The van der Waals surface area contributed by atoms with E-state index in [1.807, 2.05) is 0 Å². The molecule has 1 nitrogen and oxygen atoms in total. The summed E-state index contributed by atoms with van der Waals surface area (Å²) in [5.41, 5.74) is 1.42. The van der Waals surface area contributed by atoms with Gasteiger partial charge in [0, 0.05) is 17.0 Å². The van der Waals surface area contributed by atoms with Crippen molar-refractivity contribution in [3.8, 4) is 5.75 Å². The zero-order chi connectivity index (χ0) is 13.8. The van der Waals surface area contributed by atoms with E-state index in [4.69, 9.17) is 16.3 Å². The molecule has 0 N–H and O–H groups in total. The van der Waals surface area contributed by atoms with Gasteiger partial charge >= 0.3 is 0 Å². The van der Waals surface area contributed by atoms with E-state index in [-0.39, 0.29) is 17.4 Å². The molecule has 0 aliphatic heterocycles. The van der Waals surface area contributed by atoms with E-state index < -0.39 is 5.82 Å². The van der Waals surface area contributed by atoms with E-state index in [9.17, 15) is 8.78 Å². The fraction of sp³-hybridized carbons (Fsp3) is 0.143. The van der Waals surface area contributed by atoms with Crippen LogP contribution in [0.3, 0.4) is 0 Å². The van der Waals surface area contributed by atoms with Crippen molar-refractivity contribution in [3.63, 3.8) is 0 Å². The van der Waals surface area contributed by atoms with Crippen LogP contribution >= 0.6 is 27.5 Å². The van der Waals surface area contributed by atoms with Gasteiger partial charge in [-0.3, -0.25) is 0 Å². The molecule has 0 radical (unpaired) electrons. The van der Waals surface area contributed by atoms with Crippen LogP contribution < -0.4 is 4.74 Å². The third-order valence-corrected chi connectivity index (χ3v) is 3.49. The van der Waals surface area contributed by atoms with Gasteiger partial charge in [-0.25, -0.2) is 8.78 Å². The van der Waals surface area contributed by atoms with Crippen molar-refractivity contribution in [1.29, 1.82) is 0 Å². The highest BCUT2D eigenvalue weighted by molar-refractivity contribution is 9.08. The number of hydrogen-bond acceptors (Lipinski definition) is 1. The van der Waals surface area contributed by atoms with Crippen LogP contribution in [0, 0.1) is 11.6 Å². The second kappa shape index (κ2) is 6.35. The first-order valence-electron chi connectivity index (χ1n) is 5.50. The standard InChI is InChI=1S/C14H10BrClF2O/c15-7-9-3-12(18)5-13(4-9)19-8-10-1-2-11(17)6-14(10)16/h1-6H,7-8H2. The third-order valence-electron chi connectivity index (χ3n) is 2.49. The number of hydrogen-bond donors (Lipinski definition) is 0. The van der Waals surface area contributed by atoms with Crippen molar-refractivity contribution >= 4 is 27.5 Å². The minimum atomic E-state index is -0.402. The summed E-state index contributed by atoms with van der Waals surface area (Å²) in [6.07, 6.45) is 0. The van der Waals surface area contributed by atoms with Crippen molar-refractivity contribution in [2.45, 2.75) is 11.9 Å². The second-order valence-corrected chi connectivity index (χ2v) is 4.92. The predicted octanol–water partition coefficient (Wildman–Crippen LogP) is 5.09. The Labute approximate surface area is 123 Å². The summed E-state index contributed by atoms with van der Waals surface area (Å²) in [5, 5.41) is 0.829. The summed E-state index contributed by atoms with van der Waals surface area (Å²) in [5.74, 6) is -0.354. The lowest BCUT2D eigenvalue weighted by atomic mass is 10.2. The maximum absolute atomic E-state index is 13.3. The zero-order valence-corrected chi connectivity index (χ0v) is 12.1. The van der Waals surface area contributed by atoms with Crippen molar-refractivity contribution in [1.82, 2.24) is 0 Å². The van der Waals surface area contributed by atoms with Crippen LogP contribution in [0.1, 0.15) is 11.1 Å². The maximum atomic E-state index is 13.3. The van der Waals surface area contributed by atoms with Crippen LogP contribution in [0.2, 0.25) is 5.02 Å². The van der Waals surface area contributed by atoms with Crippen LogP contribution in [-0.2, 0) is 11.9 Å². The third kappa shape index (κ3) is 3.91. The van der Waals surface area contributed by atoms with Crippen LogP contribution in [0.4, 0.5) is 8.78 Å². The van der Waals surface area contributed by atoms with Gasteiger partial charge in [-0.05, 0) is 29.8 Å². The molecule has 0 unspecified atom stereocenters. The minimum Gasteiger partial charge on any atom is -0.489 e. The normalized spacial score (nSPS) is 10.5. The van der Waals surface area contributed by atoms with E-state index in [0.717, 1.165) is 5.56 Å². The van der Waals surface area contributed by atoms with Crippen LogP contribution in [-0.4, -0.2) is 0 Å². The highest BCUT2D eigenvalue weighted by Gasteiger charge is 2.05. The number of benzene rings is 2. The Morgan fingerprint density at radius 3 is 2.53 bits per heavy atom. The Kier molecular flexibility index (Phi) is 4.77. The molecule has 2 aromatic carbocycles. The van der Waals surface area contributed by atoms with Gasteiger partial charge in [0.2, 0.25) is 0 Å². The van der Waals surface area contributed by atoms with E-state index in [1.54, 1.807) is 12.1 Å². The molecule has 2 aromatic rings. The lowest BCUT2D eigenvalue weighted by Crippen LogP contribution is -1.98. The summed E-state index contributed by atoms with van der Waals surface area (Å²) in [6, 6.07) is 8.52. The van der Waals surface area contributed by atoms with E-state index in [0.29, 0.717) is 16.6 Å². The van der Waals surface area contributed by atoms with Crippen LogP contribution in [0.25, 0.3) is 0 Å². The highest BCUT2D eigenvalue weighted by Crippen LogP contribution is 2.22. The molecule has 0 fully saturated rings. The van der Waals surface area contributed by atoms with Crippen LogP contribution in [0.15, 0.2) is 36.4 Å². The topological polar surface area (TPSA) is 9.23 Å². The van der Waals surface area contributed by atoms with Crippen molar-refractivity contribution in [2.24, 2.45) is 0 Å². The molecule has 0 saturated carbocycles. The van der Waals surface area contributed by atoms with Gasteiger partial charge in [0.25, 0.3) is 0 Å². The van der Waals surface area contributed by atoms with Gasteiger partial charge in [0.05, 0.1) is 5.02 Å². The largest absolute Gasteiger partial charge is 0.489 e. The second-order valence-electron chi connectivity index (χ2n) is 3.95. The summed E-state index contributed by atoms with van der Waals surface area (Å²) in [4.78, 5) is 0. The average molecular weight is 348 g/mol. The van der Waals surface area contributed by atoms with Gasteiger partial charge in [0.15, 0.2) is 0 Å². The van der Waals surface area contributed by atoms with Gasteiger partial charge in [0.1, 0.15) is 24.0 Å². The fourth-order valence-corrected chi connectivity index (χ4v) is 2.13. The summed E-state index contributed by atoms with van der Waals surface area (Å²) >= 11 is 9.14. The number of halogens is 4. The van der Waals surface area contributed by atoms with Crippen molar-refractivity contribution < 1.29 is 13.5 Å². The molecule has 0 aliphatic carbocycles. The average Bonchev–Trinajstić information content (AvgIpc) is 2.37. The van der Waals surface area contributed by atoms with Crippen LogP contribution in [0.5, 0.6) is 5.75 Å². The summed E-state index contributed by atoms with van der Waals surface area (Å²) < 4.78 is 31.6. The smallest absolute Gasteiger partial charge is 0.127 e. The lowest BCUT2D eigenvalue weighted by Gasteiger charge is -2.09. The minimum absolute atomic E-state index is 0.157. The van der Waals surface area contributed by atoms with E-state index in [2.05, 4.69) is 15.9 Å². The first-order valence-corrected chi connectivity index (χ1v) is 7.00. The molecule has 0 spiro atoms.